The van der Waals surface area contributed by atoms with Crippen LogP contribution in [0.4, 0.5) is 4.79 Å². The van der Waals surface area contributed by atoms with E-state index in [1.807, 2.05) is 43.3 Å². The molecule has 2 aromatic rings. The van der Waals surface area contributed by atoms with Gasteiger partial charge in [-0.25, -0.2) is 9.59 Å². The number of rotatable bonds is 9. The minimum atomic E-state index is -1.34. The van der Waals surface area contributed by atoms with Crippen molar-refractivity contribution < 1.29 is 24.2 Å². The third-order valence-electron chi connectivity index (χ3n) is 6.47. The maximum atomic E-state index is 12.6. The molecule has 2 aromatic carbocycles. The molecule has 1 aliphatic rings. The summed E-state index contributed by atoms with van der Waals surface area (Å²) < 4.78 is 5.54. The lowest BCUT2D eigenvalue weighted by molar-refractivity contribution is -0.148. The van der Waals surface area contributed by atoms with Crippen molar-refractivity contribution in [3.05, 3.63) is 59.7 Å². The molecular weight excluding hydrogens is 420 g/mol. The molecule has 3 atom stereocenters. The third-order valence-corrected chi connectivity index (χ3v) is 6.47. The van der Waals surface area contributed by atoms with Gasteiger partial charge in [0.2, 0.25) is 5.91 Å². The van der Waals surface area contributed by atoms with E-state index < -0.39 is 35.5 Å². The molecule has 3 rings (SSSR count). The van der Waals surface area contributed by atoms with Gasteiger partial charge in [-0.05, 0) is 42.5 Å². The number of benzene rings is 2. The predicted octanol–water partition coefficient (Wildman–Crippen LogP) is 4.31. The molecular formula is C26H32N2O5. The summed E-state index contributed by atoms with van der Waals surface area (Å²) in [6, 6.07) is 15.6. The van der Waals surface area contributed by atoms with Gasteiger partial charge in [0.25, 0.3) is 0 Å². The molecule has 0 saturated carbocycles. The molecule has 0 aliphatic heterocycles. The highest BCUT2D eigenvalue weighted by Crippen LogP contribution is 2.44. The molecule has 0 fully saturated rings. The number of carbonyl (C=O) groups excluding carboxylic acids is 2. The zero-order valence-electron chi connectivity index (χ0n) is 19.6. The highest BCUT2D eigenvalue weighted by atomic mass is 16.5. The largest absolute Gasteiger partial charge is 0.480 e. The number of hydrogen-bond acceptors (Lipinski definition) is 4. The van der Waals surface area contributed by atoms with Crippen LogP contribution in [0.3, 0.4) is 0 Å². The first-order valence-corrected chi connectivity index (χ1v) is 11.3. The molecule has 0 bridgehead atoms. The van der Waals surface area contributed by atoms with E-state index in [1.54, 1.807) is 13.8 Å². The molecule has 1 aliphatic carbocycles. The summed E-state index contributed by atoms with van der Waals surface area (Å²) in [7, 11) is 0. The molecule has 0 saturated heterocycles. The number of nitrogens with one attached hydrogen (secondary N) is 2. The van der Waals surface area contributed by atoms with Crippen molar-refractivity contribution in [3.63, 3.8) is 0 Å². The minimum absolute atomic E-state index is 0.0514. The SMILES string of the molecule is CCCC(C)(NC(=O)C(C)C(C)NC(=O)OCC1c2ccccc2-c2ccccc21)C(=O)O. The van der Waals surface area contributed by atoms with E-state index in [0.717, 1.165) is 22.3 Å². The van der Waals surface area contributed by atoms with Gasteiger partial charge in [-0.15, -0.1) is 0 Å². The smallest absolute Gasteiger partial charge is 0.407 e. The highest BCUT2D eigenvalue weighted by molar-refractivity contribution is 5.88. The van der Waals surface area contributed by atoms with E-state index in [-0.39, 0.29) is 12.5 Å². The fourth-order valence-corrected chi connectivity index (χ4v) is 4.29. The number of ether oxygens (including phenoxy) is 1. The van der Waals surface area contributed by atoms with Crippen molar-refractivity contribution in [1.82, 2.24) is 10.6 Å². The lowest BCUT2D eigenvalue weighted by Crippen LogP contribution is -2.55. The van der Waals surface area contributed by atoms with Crippen LogP contribution in [0, 0.1) is 5.92 Å². The normalized spacial score (nSPS) is 16.0. The van der Waals surface area contributed by atoms with Crippen LogP contribution in [0.1, 0.15) is 57.6 Å². The summed E-state index contributed by atoms with van der Waals surface area (Å²) in [6.45, 7) is 6.88. The Balaban J connectivity index is 1.59. The number of carboxylic acids is 1. The van der Waals surface area contributed by atoms with Gasteiger partial charge in [-0.1, -0.05) is 68.8 Å². The first-order chi connectivity index (χ1) is 15.7. The number of fused-ring (bicyclic) bond motifs is 3. The number of aliphatic carboxylic acids is 1. The van der Waals surface area contributed by atoms with Gasteiger partial charge < -0.3 is 20.5 Å². The maximum absolute atomic E-state index is 12.6. The third kappa shape index (κ3) is 5.18. The molecule has 2 amide bonds. The molecule has 33 heavy (non-hydrogen) atoms. The van der Waals surface area contributed by atoms with Crippen LogP contribution in [0.2, 0.25) is 0 Å². The van der Waals surface area contributed by atoms with Gasteiger partial charge in [-0.2, -0.15) is 0 Å². The fourth-order valence-electron chi connectivity index (χ4n) is 4.29. The number of carbonyl (C=O) groups is 3. The summed E-state index contributed by atoms with van der Waals surface area (Å²) in [5.41, 5.74) is 3.19. The van der Waals surface area contributed by atoms with Crippen molar-refractivity contribution >= 4 is 18.0 Å². The van der Waals surface area contributed by atoms with Crippen LogP contribution in [-0.2, 0) is 14.3 Å². The van der Waals surface area contributed by atoms with Crippen LogP contribution < -0.4 is 10.6 Å². The molecule has 7 heteroatoms. The average molecular weight is 453 g/mol. The van der Waals surface area contributed by atoms with Crippen molar-refractivity contribution in [2.45, 2.75) is 58.0 Å². The predicted molar refractivity (Wildman–Crippen MR) is 126 cm³/mol. The average Bonchev–Trinajstić information content (AvgIpc) is 3.11. The Morgan fingerprint density at radius 2 is 1.58 bits per heavy atom. The van der Waals surface area contributed by atoms with Gasteiger partial charge in [0.1, 0.15) is 12.1 Å². The monoisotopic (exact) mass is 452 g/mol. The van der Waals surface area contributed by atoms with Crippen LogP contribution in [0.25, 0.3) is 11.1 Å². The van der Waals surface area contributed by atoms with Gasteiger partial charge >= 0.3 is 12.1 Å². The second kappa shape index (κ2) is 10.1. The van der Waals surface area contributed by atoms with Crippen LogP contribution in [0.5, 0.6) is 0 Å². The molecule has 3 N–H and O–H groups in total. The van der Waals surface area contributed by atoms with Crippen LogP contribution >= 0.6 is 0 Å². The topological polar surface area (TPSA) is 105 Å². The summed E-state index contributed by atoms with van der Waals surface area (Å²) in [4.78, 5) is 36.7. The highest BCUT2D eigenvalue weighted by Gasteiger charge is 2.36. The van der Waals surface area contributed by atoms with Crippen molar-refractivity contribution in [2.24, 2.45) is 5.92 Å². The van der Waals surface area contributed by atoms with E-state index in [9.17, 15) is 19.5 Å². The molecule has 0 spiro atoms. The van der Waals surface area contributed by atoms with Crippen molar-refractivity contribution in [2.75, 3.05) is 6.61 Å². The summed E-state index contributed by atoms with van der Waals surface area (Å²) in [6.07, 6.45) is 0.318. The minimum Gasteiger partial charge on any atom is -0.480 e. The van der Waals surface area contributed by atoms with Gasteiger partial charge in [0, 0.05) is 12.0 Å². The molecule has 0 aromatic heterocycles. The Labute approximate surface area is 194 Å². The molecule has 7 nitrogen and oxygen atoms in total. The fraction of sp³-hybridized carbons (Fsp3) is 0.423. The molecule has 0 radical (unpaired) electrons. The van der Waals surface area contributed by atoms with Crippen molar-refractivity contribution in [1.29, 1.82) is 0 Å². The van der Waals surface area contributed by atoms with E-state index in [4.69, 9.17) is 4.74 Å². The van der Waals surface area contributed by atoms with Crippen LogP contribution in [0.15, 0.2) is 48.5 Å². The maximum Gasteiger partial charge on any atom is 0.407 e. The standard InChI is InChI=1S/C26H32N2O5/c1-5-14-26(4,24(30)31)28-23(29)16(2)17(3)27-25(32)33-15-22-20-12-8-6-10-18(20)19-11-7-9-13-21(19)22/h6-13,16-17,22H,5,14-15H2,1-4H3,(H,27,32)(H,28,29)(H,30,31). The number of alkyl carbamates (subject to hydrolysis) is 1. The van der Waals surface area contributed by atoms with E-state index in [0.29, 0.717) is 12.8 Å². The molecule has 176 valence electrons. The summed E-state index contributed by atoms with van der Waals surface area (Å²) >= 11 is 0. The van der Waals surface area contributed by atoms with Crippen LogP contribution in [-0.4, -0.2) is 41.3 Å². The first kappa shape index (κ1) is 24.3. The second-order valence-corrected chi connectivity index (χ2v) is 8.92. The Bertz CT molecular complexity index is 991. The van der Waals surface area contributed by atoms with E-state index in [2.05, 4.69) is 22.8 Å². The Kier molecular flexibility index (Phi) is 7.41. The van der Waals surface area contributed by atoms with E-state index in [1.165, 1.54) is 6.92 Å². The second-order valence-electron chi connectivity index (χ2n) is 8.92. The van der Waals surface area contributed by atoms with Crippen molar-refractivity contribution in [3.8, 4) is 11.1 Å². The lowest BCUT2D eigenvalue weighted by Gasteiger charge is -2.29. The number of amides is 2. The summed E-state index contributed by atoms with van der Waals surface area (Å²) in [5.74, 6) is -2.20. The summed E-state index contributed by atoms with van der Waals surface area (Å²) in [5, 5.41) is 14.8. The zero-order valence-corrected chi connectivity index (χ0v) is 19.6. The Morgan fingerprint density at radius 1 is 1.03 bits per heavy atom. The van der Waals surface area contributed by atoms with Gasteiger partial charge in [-0.3, -0.25) is 4.79 Å². The Hall–Kier alpha value is -3.35. The Morgan fingerprint density at radius 3 is 2.09 bits per heavy atom. The molecule has 3 unspecified atom stereocenters. The quantitative estimate of drug-likeness (QED) is 0.526. The number of hydrogen-bond donors (Lipinski definition) is 3. The lowest BCUT2D eigenvalue weighted by atomic mass is 9.94. The van der Waals surface area contributed by atoms with Gasteiger partial charge in [0.15, 0.2) is 0 Å². The number of carboxylic acid groups (broad SMARTS) is 1. The van der Waals surface area contributed by atoms with Gasteiger partial charge in [0.05, 0.1) is 5.92 Å². The zero-order chi connectivity index (χ0) is 24.2. The van der Waals surface area contributed by atoms with E-state index >= 15 is 0 Å². The first-order valence-electron chi connectivity index (χ1n) is 11.3. The molecule has 0 heterocycles.